The van der Waals surface area contributed by atoms with Crippen LogP contribution in [-0.4, -0.2) is 38.6 Å². The highest BCUT2D eigenvalue weighted by Gasteiger charge is 2.40. The van der Waals surface area contributed by atoms with Crippen molar-refractivity contribution < 1.29 is 22.6 Å². The van der Waals surface area contributed by atoms with Gasteiger partial charge in [-0.25, -0.2) is 4.98 Å². The van der Waals surface area contributed by atoms with E-state index in [0.29, 0.717) is 29.3 Å². The molecule has 1 saturated heterocycles. The average molecular weight is 497 g/mol. The van der Waals surface area contributed by atoms with Gasteiger partial charge < -0.3 is 19.8 Å². The predicted octanol–water partition coefficient (Wildman–Crippen LogP) is 4.30. The van der Waals surface area contributed by atoms with Crippen molar-refractivity contribution in [1.82, 2.24) is 24.8 Å². The van der Waals surface area contributed by atoms with Crippen LogP contribution in [0.15, 0.2) is 30.6 Å². The molecule has 8 nitrogen and oxygen atoms in total. The summed E-state index contributed by atoms with van der Waals surface area (Å²) in [5.74, 6) is 0.680. The van der Waals surface area contributed by atoms with Gasteiger partial charge >= 0.3 is 6.18 Å². The fourth-order valence-corrected chi connectivity index (χ4v) is 4.62. The average Bonchev–Trinajstić information content (AvgIpc) is 3.43. The summed E-state index contributed by atoms with van der Waals surface area (Å²) in [4.78, 5) is 12.6. The summed E-state index contributed by atoms with van der Waals surface area (Å²) >= 11 is 5.96. The van der Waals surface area contributed by atoms with Crippen LogP contribution in [0.3, 0.4) is 0 Å². The number of nitrogens with zero attached hydrogens (tertiary/aromatic N) is 4. The minimum Gasteiger partial charge on any atom is -0.382 e. The number of halogens is 4. The molecule has 1 aliphatic heterocycles. The molecule has 182 valence electrons. The Hall–Kier alpha value is -2.47. The molecule has 1 saturated carbocycles. The molecule has 3 heterocycles. The van der Waals surface area contributed by atoms with Crippen molar-refractivity contribution in [3.63, 3.8) is 0 Å². The Labute approximate surface area is 198 Å². The molecule has 3 aromatic rings. The van der Waals surface area contributed by atoms with Crippen molar-refractivity contribution >= 4 is 28.6 Å². The van der Waals surface area contributed by atoms with Gasteiger partial charge in [0.25, 0.3) is 0 Å². The quantitative estimate of drug-likeness (QED) is 0.371. The maximum Gasteiger partial charge on any atom is 0.416 e. The molecule has 0 bridgehead atoms. The van der Waals surface area contributed by atoms with Crippen LogP contribution in [0.2, 0.25) is 5.28 Å². The third kappa shape index (κ3) is 5.12. The van der Waals surface area contributed by atoms with Crippen molar-refractivity contribution in [1.29, 1.82) is 0 Å². The van der Waals surface area contributed by atoms with Gasteiger partial charge in [0.05, 0.1) is 18.5 Å². The SMILES string of the molecule is Nc1nc(Cl)nc2c1ncn2[C@H]1CC[C@@H](COC2OC2NCc2cccc(C(F)(F)F)c2)CC1. The Morgan fingerprint density at radius 1 is 1.21 bits per heavy atom. The molecule has 0 radical (unpaired) electrons. The van der Waals surface area contributed by atoms with Gasteiger partial charge in [-0.15, -0.1) is 0 Å². The number of epoxide rings is 1. The second-order valence-corrected chi connectivity index (χ2v) is 9.05. The molecule has 2 aliphatic rings. The van der Waals surface area contributed by atoms with Crippen LogP contribution in [0.5, 0.6) is 0 Å². The first kappa shape index (κ1) is 23.3. The summed E-state index contributed by atoms with van der Waals surface area (Å²) in [6.45, 7) is 0.848. The number of fused-ring (bicyclic) bond motifs is 1. The maximum atomic E-state index is 12.8. The minimum atomic E-state index is -4.35. The normalized spacial score (nSPS) is 25.1. The van der Waals surface area contributed by atoms with E-state index in [-0.39, 0.29) is 36.2 Å². The number of nitrogens with two attached hydrogens (primary N) is 1. The third-order valence-corrected chi connectivity index (χ3v) is 6.51. The second kappa shape index (κ2) is 9.29. The molecule has 1 aromatic carbocycles. The van der Waals surface area contributed by atoms with Crippen molar-refractivity contribution in [2.24, 2.45) is 5.92 Å². The minimum absolute atomic E-state index is 0.106. The zero-order valence-electron chi connectivity index (χ0n) is 18.1. The number of nitrogen functional groups attached to an aromatic ring is 1. The Morgan fingerprint density at radius 2 is 2.00 bits per heavy atom. The standard InChI is InChI=1S/C22H24ClF3N6O2/c23-21-30-17(27)16-18(31-21)32(11-29-16)15-6-4-12(5-7-15)10-33-20-19(34-20)28-9-13-2-1-3-14(8-13)22(24,25)26/h1-3,8,11-12,15,19-20,28H,4-7,9-10H2,(H2,27,30,31)/t12-,15+,19?,20?. The number of anilines is 1. The van der Waals surface area contributed by atoms with E-state index in [2.05, 4.69) is 20.3 Å². The summed E-state index contributed by atoms with van der Waals surface area (Å²) in [5.41, 5.74) is 6.99. The number of rotatable bonds is 7. The van der Waals surface area contributed by atoms with E-state index in [4.69, 9.17) is 26.8 Å². The molecule has 5 rings (SSSR count). The van der Waals surface area contributed by atoms with Gasteiger partial charge in [-0.2, -0.15) is 23.1 Å². The van der Waals surface area contributed by atoms with Crippen LogP contribution in [-0.2, 0) is 22.2 Å². The molecule has 2 atom stereocenters. The Morgan fingerprint density at radius 3 is 2.76 bits per heavy atom. The van der Waals surface area contributed by atoms with E-state index in [1.54, 1.807) is 12.4 Å². The number of nitrogens with one attached hydrogen (secondary N) is 1. The first-order chi connectivity index (χ1) is 16.3. The maximum absolute atomic E-state index is 12.8. The lowest BCUT2D eigenvalue weighted by atomic mass is 9.86. The summed E-state index contributed by atoms with van der Waals surface area (Å²) in [6, 6.07) is 5.51. The van der Waals surface area contributed by atoms with Crippen molar-refractivity contribution in [2.45, 2.75) is 57.0 Å². The van der Waals surface area contributed by atoms with Crippen LogP contribution in [0, 0.1) is 5.92 Å². The zero-order valence-corrected chi connectivity index (χ0v) is 18.9. The summed E-state index contributed by atoms with van der Waals surface area (Å²) in [5, 5.41) is 3.19. The van der Waals surface area contributed by atoms with E-state index in [1.165, 1.54) is 6.07 Å². The van der Waals surface area contributed by atoms with Crippen molar-refractivity contribution in [3.05, 3.63) is 47.0 Å². The topological polar surface area (TPSA) is 103 Å². The molecule has 2 aromatic heterocycles. The van der Waals surface area contributed by atoms with Crippen molar-refractivity contribution in [3.8, 4) is 0 Å². The van der Waals surface area contributed by atoms with E-state index in [9.17, 15) is 13.2 Å². The zero-order chi connectivity index (χ0) is 23.9. The number of aromatic nitrogens is 4. The largest absolute Gasteiger partial charge is 0.416 e. The van der Waals surface area contributed by atoms with Gasteiger partial charge in [0.2, 0.25) is 5.28 Å². The third-order valence-electron chi connectivity index (χ3n) is 6.34. The molecular formula is C22H24ClF3N6O2. The molecule has 2 fully saturated rings. The lowest BCUT2D eigenvalue weighted by molar-refractivity contribution is -0.137. The highest BCUT2D eigenvalue weighted by molar-refractivity contribution is 6.28. The number of alkyl halides is 3. The Bertz CT molecular complexity index is 1170. The summed E-state index contributed by atoms with van der Waals surface area (Å²) in [6.07, 6.45) is 0.567. The Kier molecular flexibility index (Phi) is 6.36. The molecular weight excluding hydrogens is 473 g/mol. The lowest BCUT2D eigenvalue weighted by Crippen LogP contribution is -2.24. The molecule has 1 aliphatic carbocycles. The summed E-state index contributed by atoms with van der Waals surface area (Å²) in [7, 11) is 0. The lowest BCUT2D eigenvalue weighted by Gasteiger charge is -2.29. The van der Waals surface area contributed by atoms with Gasteiger partial charge in [0, 0.05) is 12.6 Å². The monoisotopic (exact) mass is 496 g/mol. The van der Waals surface area contributed by atoms with Gasteiger partial charge in [0.15, 0.2) is 24.0 Å². The molecule has 0 amide bonds. The molecule has 12 heteroatoms. The van der Waals surface area contributed by atoms with Gasteiger partial charge in [-0.1, -0.05) is 18.2 Å². The second-order valence-electron chi connectivity index (χ2n) is 8.71. The fraction of sp³-hybridized carbons (Fsp3) is 0.500. The van der Waals surface area contributed by atoms with Crippen LogP contribution in [0.25, 0.3) is 11.2 Å². The first-order valence-corrected chi connectivity index (χ1v) is 11.5. The van der Waals surface area contributed by atoms with Gasteiger partial charge in [0.1, 0.15) is 5.52 Å². The number of hydrogen-bond donors (Lipinski definition) is 2. The van der Waals surface area contributed by atoms with Crippen molar-refractivity contribution in [2.75, 3.05) is 12.3 Å². The van der Waals surface area contributed by atoms with Crippen LogP contribution in [0.4, 0.5) is 19.0 Å². The highest BCUT2D eigenvalue weighted by atomic mass is 35.5. The van der Waals surface area contributed by atoms with E-state index in [1.807, 2.05) is 4.57 Å². The highest BCUT2D eigenvalue weighted by Crippen LogP contribution is 2.35. The summed E-state index contributed by atoms with van der Waals surface area (Å²) < 4.78 is 51.9. The van der Waals surface area contributed by atoms with Crippen LogP contribution < -0.4 is 11.1 Å². The first-order valence-electron chi connectivity index (χ1n) is 11.1. The molecule has 0 spiro atoms. The molecule has 2 unspecified atom stereocenters. The number of hydrogen-bond acceptors (Lipinski definition) is 7. The van der Waals surface area contributed by atoms with Gasteiger partial charge in [-0.05, 0) is 54.8 Å². The van der Waals surface area contributed by atoms with E-state index < -0.39 is 11.7 Å². The van der Waals surface area contributed by atoms with Crippen LogP contribution in [0.1, 0.15) is 42.9 Å². The van der Waals surface area contributed by atoms with Crippen LogP contribution >= 0.6 is 11.6 Å². The molecule has 34 heavy (non-hydrogen) atoms. The van der Waals surface area contributed by atoms with Gasteiger partial charge in [-0.3, -0.25) is 5.32 Å². The van der Waals surface area contributed by atoms with E-state index in [0.717, 1.165) is 37.8 Å². The predicted molar refractivity (Wildman–Crippen MR) is 119 cm³/mol. The number of benzene rings is 1. The van der Waals surface area contributed by atoms with E-state index >= 15 is 0 Å². The molecule has 3 N–H and O–H groups in total. The number of ether oxygens (including phenoxy) is 2. The fourth-order valence-electron chi connectivity index (χ4n) is 4.44. The number of imidazole rings is 1. The Balaban J connectivity index is 1.06. The smallest absolute Gasteiger partial charge is 0.382 e.